The molecular weight excluding hydrogens is 484 g/mol. The van der Waals surface area contributed by atoms with Crippen molar-refractivity contribution in [2.45, 2.75) is 128 Å². The number of fused-ring (bicyclic) bond motifs is 5. The van der Waals surface area contributed by atoms with E-state index in [0.717, 1.165) is 31.3 Å². The van der Waals surface area contributed by atoms with Gasteiger partial charge in [0.15, 0.2) is 8.32 Å². The van der Waals surface area contributed by atoms with Gasteiger partial charge in [0.05, 0.1) is 13.2 Å². The fourth-order valence-corrected chi connectivity index (χ4v) is 9.96. The zero-order valence-electron chi connectivity index (χ0n) is 25.4. The number of unbranched alkanes of at least 4 members (excludes halogenated alkanes) is 4. The molecule has 212 valence electrons. The topological polar surface area (TPSA) is 35.5 Å². The van der Waals surface area contributed by atoms with Gasteiger partial charge in [0.1, 0.15) is 12.0 Å². The Kier molecular flexibility index (Phi) is 8.75. The maximum Gasteiger partial charge on any atom is 0.192 e. The van der Waals surface area contributed by atoms with E-state index in [-0.39, 0.29) is 15.9 Å². The monoisotopic (exact) mass is 538 g/mol. The molecule has 0 unspecified atom stereocenters. The Morgan fingerprint density at radius 1 is 1.13 bits per heavy atom. The Labute approximate surface area is 234 Å². The number of carbonyl (C=O) groups excluding carboxylic acids is 1. The zero-order chi connectivity index (χ0) is 27.8. The lowest BCUT2D eigenvalue weighted by atomic mass is 9.44. The van der Waals surface area contributed by atoms with Crippen LogP contribution in [0.1, 0.15) is 109 Å². The minimum absolute atomic E-state index is 0.127. The van der Waals surface area contributed by atoms with Crippen LogP contribution in [0.3, 0.4) is 0 Å². The summed E-state index contributed by atoms with van der Waals surface area (Å²) in [7, 11) is -0.0969. The first kappa shape index (κ1) is 29.6. The normalized spacial score (nSPS) is 32.7. The lowest BCUT2D eigenvalue weighted by molar-refractivity contribution is -0.107. The number of hydrogen-bond acceptors (Lipinski definition) is 3. The van der Waals surface area contributed by atoms with Gasteiger partial charge in [-0.25, -0.2) is 0 Å². The van der Waals surface area contributed by atoms with Gasteiger partial charge in [-0.2, -0.15) is 0 Å². The molecule has 0 aromatic heterocycles. The molecule has 0 spiro atoms. The Bertz CT molecular complexity index is 994. The molecule has 0 heterocycles. The SMILES string of the molecule is C=C[C@@]12CCc3cc(OC)ccc3[C@H]1[C@@H](CCCCCCC=O)C[C@]1(C)[C@@H](O[Si](C)(C)C(C)(C)C)CC[C@H]12. The van der Waals surface area contributed by atoms with Crippen molar-refractivity contribution in [1.29, 1.82) is 0 Å². The summed E-state index contributed by atoms with van der Waals surface area (Å²) in [5, 5.41) is 0.221. The molecule has 0 radical (unpaired) electrons. The first-order valence-corrected chi connectivity index (χ1v) is 18.3. The highest BCUT2D eigenvalue weighted by Gasteiger charge is 2.64. The molecule has 0 aliphatic heterocycles. The molecule has 4 rings (SSSR count). The van der Waals surface area contributed by atoms with Gasteiger partial charge in [0, 0.05) is 6.42 Å². The van der Waals surface area contributed by atoms with Crippen molar-refractivity contribution in [3.63, 3.8) is 0 Å². The Morgan fingerprint density at radius 3 is 2.53 bits per heavy atom. The fourth-order valence-electron chi connectivity index (χ4n) is 8.50. The standard InChI is InChI=1S/C34H54O3Si/c1-9-34-21-20-25-23-27(36-6)16-17-28(25)31(34)26(15-13-11-10-12-14-22-35)24-33(5)29(34)18-19-30(33)37-38(7,8)32(2,3)4/h9,16-17,22-23,26,29-31H,1,10-15,18-21,24H2,2-8H3/t26-,29+,30-,31+,33-,34-/m0/s1. The van der Waals surface area contributed by atoms with Gasteiger partial charge < -0.3 is 14.0 Å². The molecule has 0 N–H and O–H groups in total. The van der Waals surface area contributed by atoms with E-state index < -0.39 is 8.32 Å². The van der Waals surface area contributed by atoms with Crippen molar-refractivity contribution >= 4 is 14.6 Å². The molecular formula is C34H54O3Si. The number of methoxy groups -OCH3 is 1. The molecule has 0 bridgehead atoms. The number of ether oxygens (including phenoxy) is 1. The molecule has 1 aromatic carbocycles. The van der Waals surface area contributed by atoms with E-state index in [4.69, 9.17) is 9.16 Å². The van der Waals surface area contributed by atoms with Crippen LogP contribution < -0.4 is 4.74 Å². The van der Waals surface area contributed by atoms with Crippen LogP contribution >= 0.6 is 0 Å². The number of benzene rings is 1. The Morgan fingerprint density at radius 2 is 1.87 bits per heavy atom. The molecule has 0 amide bonds. The number of rotatable bonds is 11. The average Bonchev–Trinajstić information content (AvgIpc) is 3.20. The number of aryl methyl sites for hydroxylation is 1. The summed E-state index contributed by atoms with van der Waals surface area (Å²) >= 11 is 0. The maximum absolute atomic E-state index is 10.8. The van der Waals surface area contributed by atoms with Crippen LogP contribution in [0.4, 0.5) is 0 Å². The van der Waals surface area contributed by atoms with Crippen molar-refractivity contribution in [3.05, 3.63) is 42.0 Å². The maximum atomic E-state index is 10.8. The van der Waals surface area contributed by atoms with Crippen LogP contribution in [-0.4, -0.2) is 27.8 Å². The molecule has 2 saturated carbocycles. The van der Waals surface area contributed by atoms with E-state index in [1.807, 2.05) is 0 Å². The number of hydrogen-bond donors (Lipinski definition) is 0. The van der Waals surface area contributed by atoms with Gasteiger partial charge in [-0.1, -0.05) is 59.1 Å². The quantitative estimate of drug-likeness (QED) is 0.122. The van der Waals surface area contributed by atoms with E-state index in [2.05, 4.69) is 71.6 Å². The summed E-state index contributed by atoms with van der Waals surface area (Å²) in [4.78, 5) is 10.8. The van der Waals surface area contributed by atoms with Gasteiger partial charge >= 0.3 is 0 Å². The highest BCUT2D eigenvalue weighted by Crippen LogP contribution is 2.70. The summed E-state index contributed by atoms with van der Waals surface area (Å²) in [6, 6.07) is 6.86. The first-order chi connectivity index (χ1) is 17.9. The van der Waals surface area contributed by atoms with Gasteiger partial charge in [0.2, 0.25) is 0 Å². The van der Waals surface area contributed by atoms with Gasteiger partial charge in [-0.05, 0) is 115 Å². The largest absolute Gasteiger partial charge is 0.497 e. The highest BCUT2D eigenvalue weighted by atomic mass is 28.4. The molecule has 38 heavy (non-hydrogen) atoms. The number of aldehydes is 1. The highest BCUT2D eigenvalue weighted by molar-refractivity contribution is 6.74. The second-order valence-electron chi connectivity index (χ2n) is 14.5. The van der Waals surface area contributed by atoms with Crippen molar-refractivity contribution in [2.24, 2.45) is 22.7 Å². The van der Waals surface area contributed by atoms with E-state index in [0.29, 0.717) is 30.3 Å². The molecule has 3 nitrogen and oxygen atoms in total. The second-order valence-corrected chi connectivity index (χ2v) is 19.2. The van der Waals surface area contributed by atoms with E-state index in [1.54, 1.807) is 12.7 Å². The molecule has 4 heteroatoms. The third kappa shape index (κ3) is 5.21. The van der Waals surface area contributed by atoms with Crippen molar-refractivity contribution < 1.29 is 14.0 Å². The van der Waals surface area contributed by atoms with E-state index >= 15 is 0 Å². The van der Waals surface area contributed by atoms with Crippen molar-refractivity contribution in [2.75, 3.05) is 7.11 Å². The Balaban J connectivity index is 1.69. The van der Waals surface area contributed by atoms with E-state index in [1.165, 1.54) is 50.5 Å². The zero-order valence-corrected chi connectivity index (χ0v) is 26.4. The second kappa shape index (κ2) is 11.2. The molecule has 6 atom stereocenters. The minimum atomic E-state index is -1.87. The molecule has 3 aliphatic rings. The fraction of sp³-hybridized carbons (Fsp3) is 0.735. The third-order valence-electron chi connectivity index (χ3n) is 11.4. The van der Waals surface area contributed by atoms with Crippen LogP contribution in [-0.2, 0) is 15.6 Å². The predicted octanol–water partition coefficient (Wildman–Crippen LogP) is 9.26. The average molecular weight is 539 g/mol. The summed E-state index contributed by atoms with van der Waals surface area (Å²) < 4.78 is 12.9. The molecule has 1 aromatic rings. The summed E-state index contributed by atoms with van der Waals surface area (Å²) in [6.45, 7) is 19.1. The Hall–Kier alpha value is -1.39. The van der Waals surface area contributed by atoms with Gasteiger partial charge in [0.25, 0.3) is 0 Å². The van der Waals surface area contributed by atoms with Crippen LogP contribution in [0.2, 0.25) is 18.1 Å². The molecule has 0 saturated heterocycles. The van der Waals surface area contributed by atoms with Gasteiger partial charge in [-0.3, -0.25) is 0 Å². The van der Waals surface area contributed by atoms with Crippen molar-refractivity contribution in [3.8, 4) is 5.75 Å². The van der Waals surface area contributed by atoms with Crippen LogP contribution in [0.25, 0.3) is 0 Å². The lowest BCUT2D eigenvalue weighted by Crippen LogP contribution is -2.56. The van der Waals surface area contributed by atoms with Crippen LogP contribution in [0.5, 0.6) is 5.75 Å². The lowest BCUT2D eigenvalue weighted by Gasteiger charge is -2.61. The van der Waals surface area contributed by atoms with Crippen LogP contribution in [0.15, 0.2) is 30.9 Å². The summed E-state index contributed by atoms with van der Waals surface area (Å²) in [6.07, 6.45) is 16.4. The predicted molar refractivity (Wildman–Crippen MR) is 161 cm³/mol. The van der Waals surface area contributed by atoms with Crippen LogP contribution in [0, 0.1) is 22.7 Å². The minimum Gasteiger partial charge on any atom is -0.497 e. The van der Waals surface area contributed by atoms with Gasteiger partial charge in [-0.15, -0.1) is 6.58 Å². The molecule has 2 fully saturated rings. The van der Waals surface area contributed by atoms with E-state index in [9.17, 15) is 4.79 Å². The number of carbonyl (C=O) groups is 1. The molecule has 3 aliphatic carbocycles. The summed E-state index contributed by atoms with van der Waals surface area (Å²) in [5.41, 5.74) is 3.35. The number of allylic oxidation sites excluding steroid dienone is 1. The first-order valence-electron chi connectivity index (χ1n) is 15.4. The van der Waals surface area contributed by atoms with Crippen molar-refractivity contribution in [1.82, 2.24) is 0 Å². The smallest absolute Gasteiger partial charge is 0.192 e. The summed E-state index contributed by atoms with van der Waals surface area (Å²) in [5.74, 6) is 2.74. The third-order valence-corrected chi connectivity index (χ3v) is 15.9.